The summed E-state index contributed by atoms with van der Waals surface area (Å²) in [5, 5.41) is 9.44. The molecule has 0 N–H and O–H groups in total. The van der Waals surface area contributed by atoms with Gasteiger partial charge >= 0.3 is 0 Å². The average molecular weight is 293 g/mol. The van der Waals surface area contributed by atoms with Gasteiger partial charge < -0.3 is 0 Å². The standard InChI is InChI=1S/C13H10Cl2N4/c1-8-16-11(15)7-13-18-17-12(19(8)13)6-9-4-2-3-5-10(9)14/h2-5,7H,6H2,1H3. The van der Waals surface area contributed by atoms with Crippen LogP contribution in [-0.4, -0.2) is 19.6 Å². The summed E-state index contributed by atoms with van der Waals surface area (Å²) in [5.41, 5.74) is 1.70. The first-order valence-electron chi connectivity index (χ1n) is 5.76. The Morgan fingerprint density at radius 2 is 1.95 bits per heavy atom. The first kappa shape index (κ1) is 12.4. The van der Waals surface area contributed by atoms with E-state index in [4.69, 9.17) is 23.2 Å². The van der Waals surface area contributed by atoms with Gasteiger partial charge in [0.25, 0.3) is 0 Å². The van der Waals surface area contributed by atoms with Crippen LogP contribution in [0.15, 0.2) is 30.3 Å². The number of aryl methyl sites for hydroxylation is 1. The maximum absolute atomic E-state index is 6.16. The Morgan fingerprint density at radius 1 is 1.16 bits per heavy atom. The molecule has 0 spiro atoms. The lowest BCUT2D eigenvalue weighted by Gasteiger charge is -2.05. The Morgan fingerprint density at radius 3 is 2.74 bits per heavy atom. The lowest BCUT2D eigenvalue weighted by molar-refractivity contribution is 0.885. The molecule has 2 aromatic heterocycles. The fourth-order valence-electron chi connectivity index (χ4n) is 2.05. The average Bonchev–Trinajstić information content (AvgIpc) is 2.75. The SMILES string of the molecule is Cc1nc(Cl)cc2nnc(Cc3ccccc3Cl)n12. The first-order chi connectivity index (χ1) is 9.15. The van der Waals surface area contributed by atoms with Crippen LogP contribution in [0.3, 0.4) is 0 Å². The number of fused-ring (bicyclic) bond motifs is 1. The number of benzene rings is 1. The van der Waals surface area contributed by atoms with Crippen LogP contribution in [0.4, 0.5) is 0 Å². The molecule has 0 unspecified atom stereocenters. The fraction of sp³-hybridized carbons (Fsp3) is 0.154. The number of hydrogen-bond acceptors (Lipinski definition) is 3. The molecule has 4 nitrogen and oxygen atoms in total. The maximum Gasteiger partial charge on any atom is 0.165 e. The van der Waals surface area contributed by atoms with Gasteiger partial charge in [0.2, 0.25) is 0 Å². The second-order valence-corrected chi connectivity index (χ2v) is 5.00. The predicted octanol–water partition coefficient (Wildman–Crippen LogP) is 3.33. The molecule has 3 aromatic rings. The summed E-state index contributed by atoms with van der Waals surface area (Å²) < 4.78 is 1.88. The molecule has 0 bridgehead atoms. The maximum atomic E-state index is 6.16. The zero-order valence-corrected chi connectivity index (χ0v) is 11.7. The minimum Gasteiger partial charge on any atom is -0.266 e. The molecule has 96 valence electrons. The van der Waals surface area contributed by atoms with Gasteiger partial charge in [-0.3, -0.25) is 4.40 Å². The molecule has 3 rings (SSSR count). The molecular weight excluding hydrogens is 283 g/mol. The van der Waals surface area contributed by atoms with Crippen LogP contribution >= 0.6 is 23.2 Å². The molecule has 0 saturated heterocycles. The number of rotatable bonds is 2. The van der Waals surface area contributed by atoms with Crippen molar-refractivity contribution in [3.8, 4) is 0 Å². The molecule has 0 radical (unpaired) electrons. The summed E-state index contributed by atoms with van der Waals surface area (Å²) in [6.07, 6.45) is 0.602. The Bertz CT molecular complexity index is 751. The molecule has 0 atom stereocenters. The monoisotopic (exact) mass is 292 g/mol. The second kappa shape index (κ2) is 4.79. The van der Waals surface area contributed by atoms with Crippen molar-refractivity contribution in [1.29, 1.82) is 0 Å². The number of hydrogen-bond donors (Lipinski definition) is 0. The third kappa shape index (κ3) is 2.29. The van der Waals surface area contributed by atoms with E-state index in [9.17, 15) is 0 Å². The van der Waals surface area contributed by atoms with Crippen molar-refractivity contribution in [3.05, 3.63) is 57.7 Å². The number of nitrogens with zero attached hydrogens (tertiary/aromatic N) is 4. The highest BCUT2D eigenvalue weighted by atomic mass is 35.5. The van der Waals surface area contributed by atoms with Crippen LogP contribution in [-0.2, 0) is 6.42 Å². The largest absolute Gasteiger partial charge is 0.266 e. The van der Waals surface area contributed by atoms with E-state index >= 15 is 0 Å². The van der Waals surface area contributed by atoms with E-state index in [1.54, 1.807) is 6.07 Å². The molecule has 0 amide bonds. The molecule has 0 saturated carbocycles. The van der Waals surface area contributed by atoms with Gasteiger partial charge in [-0.2, -0.15) is 0 Å². The summed E-state index contributed by atoms with van der Waals surface area (Å²) in [5.74, 6) is 1.55. The van der Waals surface area contributed by atoms with E-state index in [2.05, 4.69) is 15.2 Å². The molecule has 0 aliphatic carbocycles. The van der Waals surface area contributed by atoms with E-state index in [0.717, 1.165) is 22.2 Å². The third-order valence-electron chi connectivity index (χ3n) is 2.90. The number of aromatic nitrogens is 4. The van der Waals surface area contributed by atoms with Crippen LogP contribution in [0.1, 0.15) is 17.2 Å². The zero-order valence-electron chi connectivity index (χ0n) is 10.1. The van der Waals surface area contributed by atoms with Crippen molar-refractivity contribution in [1.82, 2.24) is 19.6 Å². The van der Waals surface area contributed by atoms with Gasteiger partial charge in [0.1, 0.15) is 16.8 Å². The van der Waals surface area contributed by atoms with Crippen LogP contribution < -0.4 is 0 Å². The van der Waals surface area contributed by atoms with Gasteiger partial charge in [-0.15, -0.1) is 10.2 Å². The highest BCUT2D eigenvalue weighted by Crippen LogP contribution is 2.19. The van der Waals surface area contributed by atoms with Crippen molar-refractivity contribution in [2.24, 2.45) is 0 Å². The highest BCUT2D eigenvalue weighted by Gasteiger charge is 2.11. The normalized spacial score (nSPS) is 11.1. The summed E-state index contributed by atoms with van der Waals surface area (Å²) in [7, 11) is 0. The Labute approximate surface area is 120 Å². The van der Waals surface area contributed by atoms with E-state index in [1.165, 1.54) is 0 Å². The topological polar surface area (TPSA) is 43.1 Å². The molecular formula is C13H10Cl2N4. The van der Waals surface area contributed by atoms with Crippen molar-refractivity contribution in [3.63, 3.8) is 0 Å². The Kier molecular flexibility index (Phi) is 3.12. The minimum atomic E-state index is 0.418. The van der Waals surface area contributed by atoms with Crippen molar-refractivity contribution < 1.29 is 0 Å². The predicted molar refractivity (Wildman–Crippen MR) is 74.8 cm³/mol. The lowest BCUT2D eigenvalue weighted by atomic mass is 10.1. The quantitative estimate of drug-likeness (QED) is 0.681. The third-order valence-corrected chi connectivity index (χ3v) is 3.46. The molecule has 19 heavy (non-hydrogen) atoms. The Balaban J connectivity index is 2.09. The molecule has 2 heterocycles. The van der Waals surface area contributed by atoms with E-state index in [-0.39, 0.29) is 0 Å². The van der Waals surface area contributed by atoms with Gasteiger partial charge in [0.05, 0.1) is 0 Å². The molecule has 6 heteroatoms. The number of halogens is 2. The summed E-state index contributed by atoms with van der Waals surface area (Å²) in [6, 6.07) is 9.38. The van der Waals surface area contributed by atoms with E-state index < -0.39 is 0 Å². The molecule has 0 aliphatic rings. The van der Waals surface area contributed by atoms with Gasteiger partial charge in [-0.1, -0.05) is 41.4 Å². The van der Waals surface area contributed by atoms with E-state index in [1.807, 2.05) is 35.6 Å². The van der Waals surface area contributed by atoms with Crippen molar-refractivity contribution in [2.45, 2.75) is 13.3 Å². The van der Waals surface area contributed by atoms with Crippen LogP contribution in [0.25, 0.3) is 5.65 Å². The fourth-order valence-corrected chi connectivity index (χ4v) is 2.47. The van der Waals surface area contributed by atoms with Crippen molar-refractivity contribution in [2.75, 3.05) is 0 Å². The van der Waals surface area contributed by atoms with Gasteiger partial charge in [-0.05, 0) is 18.6 Å². The van der Waals surface area contributed by atoms with Crippen LogP contribution in [0.5, 0.6) is 0 Å². The molecule has 1 aromatic carbocycles. The lowest BCUT2D eigenvalue weighted by Crippen LogP contribution is -2.02. The smallest absolute Gasteiger partial charge is 0.165 e. The van der Waals surface area contributed by atoms with Gasteiger partial charge in [-0.25, -0.2) is 4.98 Å². The highest BCUT2D eigenvalue weighted by molar-refractivity contribution is 6.31. The van der Waals surface area contributed by atoms with Crippen LogP contribution in [0, 0.1) is 6.92 Å². The zero-order chi connectivity index (χ0) is 13.4. The summed E-state index contributed by atoms with van der Waals surface area (Å²) >= 11 is 12.1. The van der Waals surface area contributed by atoms with Crippen molar-refractivity contribution >= 4 is 28.8 Å². The van der Waals surface area contributed by atoms with Gasteiger partial charge in [0.15, 0.2) is 5.65 Å². The Hall–Kier alpha value is -1.65. The molecule has 0 fully saturated rings. The summed E-state index contributed by atoms with van der Waals surface area (Å²) in [4.78, 5) is 4.21. The first-order valence-corrected chi connectivity index (χ1v) is 6.51. The van der Waals surface area contributed by atoms with Crippen LogP contribution in [0.2, 0.25) is 10.2 Å². The van der Waals surface area contributed by atoms with E-state index in [0.29, 0.717) is 17.2 Å². The van der Waals surface area contributed by atoms with Gasteiger partial charge in [0, 0.05) is 17.5 Å². The summed E-state index contributed by atoms with van der Waals surface area (Å²) in [6.45, 7) is 1.87. The second-order valence-electron chi connectivity index (χ2n) is 4.20. The molecule has 0 aliphatic heterocycles. The minimum absolute atomic E-state index is 0.418.